The molecule has 0 aliphatic carbocycles. The first-order valence-electron chi connectivity index (χ1n) is 6.50. The van der Waals surface area contributed by atoms with E-state index in [4.69, 9.17) is 4.74 Å². The van der Waals surface area contributed by atoms with Crippen LogP contribution in [0.3, 0.4) is 0 Å². The van der Waals surface area contributed by atoms with Crippen LogP contribution in [0.1, 0.15) is 26.1 Å². The average molecular weight is 321 g/mol. The minimum absolute atomic E-state index is 0.644. The largest absolute Gasteiger partial charge is 0.493 e. The molecule has 0 unspecified atom stereocenters. The van der Waals surface area contributed by atoms with Crippen LogP contribution in [0.2, 0.25) is 0 Å². The van der Waals surface area contributed by atoms with Gasteiger partial charge in [-0.3, -0.25) is 0 Å². The Morgan fingerprint density at radius 1 is 1.16 bits per heavy atom. The van der Waals surface area contributed by atoms with Crippen LogP contribution in [0.5, 0.6) is 5.75 Å². The van der Waals surface area contributed by atoms with Crippen molar-refractivity contribution >= 4 is 15.9 Å². The topological polar surface area (TPSA) is 35.0 Å². The molecule has 19 heavy (non-hydrogen) atoms. The number of ether oxygens (including phenoxy) is 1. The van der Waals surface area contributed by atoms with E-state index in [1.54, 1.807) is 0 Å². The van der Waals surface area contributed by atoms with Gasteiger partial charge in [0, 0.05) is 12.0 Å². The molecule has 0 spiro atoms. The fourth-order valence-corrected chi connectivity index (χ4v) is 2.32. The highest BCUT2D eigenvalue weighted by molar-refractivity contribution is 9.10. The fraction of sp³-hybridized carbons (Fsp3) is 0.333. The van der Waals surface area contributed by atoms with Crippen molar-refractivity contribution in [3.05, 3.63) is 40.8 Å². The Morgan fingerprint density at radius 3 is 2.68 bits per heavy atom. The van der Waals surface area contributed by atoms with Crippen LogP contribution in [0, 0.1) is 0 Å². The van der Waals surface area contributed by atoms with E-state index in [2.05, 4.69) is 32.8 Å². The normalized spacial score (nSPS) is 10.5. The molecule has 2 aromatic rings. The van der Waals surface area contributed by atoms with Gasteiger partial charge in [0.2, 0.25) is 0 Å². The predicted molar refractivity (Wildman–Crippen MR) is 80.3 cm³/mol. The molecule has 1 aromatic heterocycles. The summed E-state index contributed by atoms with van der Waals surface area (Å²) in [6.45, 7) is 4.75. The van der Waals surface area contributed by atoms with Crippen LogP contribution in [0.15, 0.2) is 34.9 Å². The molecular weight excluding hydrogens is 304 g/mol. The van der Waals surface area contributed by atoms with Crippen molar-refractivity contribution in [3.8, 4) is 17.0 Å². The number of nitrogens with zero attached hydrogens (tertiary/aromatic N) is 2. The molecule has 0 aliphatic heterocycles. The van der Waals surface area contributed by atoms with Gasteiger partial charge in [-0.1, -0.05) is 19.1 Å². The maximum atomic E-state index is 5.66. The number of hydrogen-bond acceptors (Lipinski definition) is 3. The standard InChI is InChI=1S/C15H17BrN2O/c1-3-7-15-17-12(10-14(16)18-15)11-8-5-6-9-13(11)19-4-2/h5-6,8-10H,3-4,7H2,1-2H3. The van der Waals surface area contributed by atoms with E-state index >= 15 is 0 Å². The van der Waals surface area contributed by atoms with Crippen molar-refractivity contribution in [2.75, 3.05) is 6.61 Å². The summed E-state index contributed by atoms with van der Waals surface area (Å²) < 4.78 is 6.47. The van der Waals surface area contributed by atoms with Crippen LogP contribution < -0.4 is 4.74 Å². The Hall–Kier alpha value is -1.42. The van der Waals surface area contributed by atoms with Gasteiger partial charge in [-0.25, -0.2) is 9.97 Å². The third kappa shape index (κ3) is 3.53. The number of hydrogen-bond donors (Lipinski definition) is 0. The molecule has 0 saturated carbocycles. The molecule has 0 saturated heterocycles. The second-order valence-electron chi connectivity index (χ2n) is 4.17. The zero-order chi connectivity index (χ0) is 13.7. The Balaban J connectivity index is 2.46. The Morgan fingerprint density at radius 2 is 1.95 bits per heavy atom. The van der Waals surface area contributed by atoms with E-state index in [1.165, 1.54) is 0 Å². The zero-order valence-corrected chi connectivity index (χ0v) is 12.8. The van der Waals surface area contributed by atoms with Crippen molar-refractivity contribution in [2.24, 2.45) is 0 Å². The number of aryl methyl sites for hydroxylation is 1. The second kappa shape index (κ2) is 6.66. The SMILES string of the molecule is CCCc1nc(Br)cc(-c2ccccc2OCC)n1. The van der Waals surface area contributed by atoms with Gasteiger partial charge in [0.05, 0.1) is 12.3 Å². The van der Waals surface area contributed by atoms with Gasteiger partial charge < -0.3 is 4.74 Å². The molecule has 0 fully saturated rings. The van der Waals surface area contributed by atoms with Gasteiger partial charge in [-0.05, 0) is 47.5 Å². The molecule has 1 aromatic carbocycles. The highest BCUT2D eigenvalue weighted by atomic mass is 79.9. The van der Waals surface area contributed by atoms with Gasteiger partial charge in [-0.15, -0.1) is 0 Å². The minimum Gasteiger partial charge on any atom is -0.493 e. The summed E-state index contributed by atoms with van der Waals surface area (Å²) in [4.78, 5) is 9.00. The van der Waals surface area contributed by atoms with E-state index in [0.29, 0.717) is 6.61 Å². The van der Waals surface area contributed by atoms with Crippen LogP contribution >= 0.6 is 15.9 Å². The zero-order valence-electron chi connectivity index (χ0n) is 11.2. The second-order valence-corrected chi connectivity index (χ2v) is 4.98. The van der Waals surface area contributed by atoms with Crippen molar-refractivity contribution < 1.29 is 4.74 Å². The molecule has 2 rings (SSSR count). The number of para-hydroxylation sites is 1. The Bertz CT molecular complexity index is 558. The van der Waals surface area contributed by atoms with Crippen molar-refractivity contribution in [3.63, 3.8) is 0 Å². The smallest absolute Gasteiger partial charge is 0.130 e. The molecule has 3 nitrogen and oxygen atoms in total. The van der Waals surface area contributed by atoms with E-state index in [1.807, 2.05) is 37.3 Å². The molecule has 0 atom stereocenters. The lowest BCUT2D eigenvalue weighted by atomic mass is 10.1. The van der Waals surface area contributed by atoms with Crippen LogP contribution in [0.25, 0.3) is 11.3 Å². The fourth-order valence-electron chi connectivity index (χ4n) is 1.90. The lowest BCUT2D eigenvalue weighted by Crippen LogP contribution is -1.99. The molecule has 0 radical (unpaired) electrons. The molecule has 1 heterocycles. The van der Waals surface area contributed by atoms with Gasteiger partial charge in [0.25, 0.3) is 0 Å². The van der Waals surface area contributed by atoms with Crippen LogP contribution in [-0.4, -0.2) is 16.6 Å². The number of rotatable bonds is 5. The van der Waals surface area contributed by atoms with Crippen molar-refractivity contribution in [1.82, 2.24) is 9.97 Å². The van der Waals surface area contributed by atoms with Crippen molar-refractivity contribution in [1.29, 1.82) is 0 Å². The number of aromatic nitrogens is 2. The van der Waals surface area contributed by atoms with Gasteiger partial charge in [0.15, 0.2) is 0 Å². The summed E-state index contributed by atoms with van der Waals surface area (Å²) in [5, 5.41) is 0. The molecular formula is C15H17BrN2O. The molecule has 0 amide bonds. The van der Waals surface area contributed by atoms with Gasteiger partial charge in [0.1, 0.15) is 16.2 Å². The quantitative estimate of drug-likeness (QED) is 0.772. The van der Waals surface area contributed by atoms with Crippen LogP contribution in [-0.2, 0) is 6.42 Å². The van der Waals surface area contributed by atoms with Crippen LogP contribution in [0.4, 0.5) is 0 Å². The third-order valence-electron chi connectivity index (χ3n) is 2.68. The van der Waals surface area contributed by atoms with E-state index in [9.17, 15) is 0 Å². The monoisotopic (exact) mass is 320 g/mol. The number of halogens is 1. The first kappa shape index (κ1) is 14.0. The number of benzene rings is 1. The molecule has 0 bridgehead atoms. The molecule has 0 N–H and O–H groups in total. The molecule has 4 heteroatoms. The summed E-state index contributed by atoms with van der Waals surface area (Å²) >= 11 is 3.45. The van der Waals surface area contributed by atoms with Gasteiger partial charge in [-0.2, -0.15) is 0 Å². The lowest BCUT2D eigenvalue weighted by Gasteiger charge is -2.10. The molecule has 100 valence electrons. The summed E-state index contributed by atoms with van der Waals surface area (Å²) in [6.07, 6.45) is 1.91. The third-order valence-corrected chi connectivity index (χ3v) is 3.08. The predicted octanol–water partition coefficient (Wildman–Crippen LogP) is 4.26. The van der Waals surface area contributed by atoms with E-state index < -0.39 is 0 Å². The first-order valence-corrected chi connectivity index (χ1v) is 7.29. The average Bonchev–Trinajstić information content (AvgIpc) is 2.39. The maximum Gasteiger partial charge on any atom is 0.130 e. The minimum atomic E-state index is 0.644. The lowest BCUT2D eigenvalue weighted by molar-refractivity contribution is 0.341. The summed E-state index contributed by atoms with van der Waals surface area (Å²) in [7, 11) is 0. The summed E-state index contributed by atoms with van der Waals surface area (Å²) in [5.41, 5.74) is 1.90. The first-order chi connectivity index (χ1) is 9.24. The van der Waals surface area contributed by atoms with E-state index in [0.717, 1.165) is 40.3 Å². The summed E-state index contributed by atoms with van der Waals surface area (Å²) in [6, 6.07) is 9.88. The van der Waals surface area contributed by atoms with E-state index in [-0.39, 0.29) is 0 Å². The molecule has 0 aliphatic rings. The van der Waals surface area contributed by atoms with Gasteiger partial charge >= 0.3 is 0 Å². The highest BCUT2D eigenvalue weighted by Crippen LogP contribution is 2.29. The Kier molecular flexibility index (Phi) is 4.91. The van der Waals surface area contributed by atoms with Crippen molar-refractivity contribution in [2.45, 2.75) is 26.7 Å². The summed E-state index contributed by atoms with van der Waals surface area (Å²) in [5.74, 6) is 1.72. The maximum absolute atomic E-state index is 5.66. The highest BCUT2D eigenvalue weighted by Gasteiger charge is 2.09. The Labute approximate surface area is 122 Å².